The number of amides is 1. The first-order chi connectivity index (χ1) is 10.2. The summed E-state index contributed by atoms with van der Waals surface area (Å²) in [5.74, 6) is -0.111. The Kier molecular flexibility index (Phi) is 3.48. The van der Waals surface area contributed by atoms with Crippen LogP contribution >= 0.6 is 0 Å². The minimum atomic E-state index is -0.111. The van der Waals surface area contributed by atoms with Crippen molar-refractivity contribution in [3.05, 3.63) is 53.4 Å². The Labute approximate surface area is 123 Å². The lowest BCUT2D eigenvalue weighted by Gasteiger charge is -2.26. The summed E-state index contributed by atoms with van der Waals surface area (Å²) in [6.07, 6.45) is 2.95. The molecule has 1 aromatic carbocycles. The van der Waals surface area contributed by atoms with Crippen molar-refractivity contribution in [2.24, 2.45) is 0 Å². The van der Waals surface area contributed by atoms with E-state index in [0.717, 1.165) is 12.1 Å². The van der Waals surface area contributed by atoms with Crippen molar-refractivity contribution in [1.29, 1.82) is 0 Å². The summed E-state index contributed by atoms with van der Waals surface area (Å²) in [5.41, 5.74) is 9.87. The molecule has 1 amide bonds. The topological polar surface area (TPSA) is 75.0 Å². The molecule has 2 heterocycles. The number of aryl methyl sites for hydroxylation is 1. The first-order valence-corrected chi connectivity index (χ1v) is 7.01. The van der Waals surface area contributed by atoms with Crippen LogP contribution < -0.4 is 5.73 Å². The summed E-state index contributed by atoms with van der Waals surface area (Å²) in [6, 6.07) is 10.3. The first-order valence-electron chi connectivity index (χ1n) is 7.01. The molecule has 0 radical (unpaired) electrons. The maximum atomic E-state index is 12.4. The molecule has 108 valence electrons. The Morgan fingerprint density at radius 2 is 2.10 bits per heavy atom. The second-order valence-corrected chi connectivity index (χ2v) is 5.21. The summed E-state index contributed by atoms with van der Waals surface area (Å²) >= 11 is 0. The molecule has 3 rings (SSSR count). The number of nitrogens with zero attached hydrogens (tertiary/aromatic N) is 2. The number of hydrogen-bond donors (Lipinski definition) is 2. The van der Waals surface area contributed by atoms with Gasteiger partial charge in [0, 0.05) is 13.1 Å². The number of nitrogen functional groups attached to an aromatic ring is 1. The fourth-order valence-electron chi connectivity index (χ4n) is 2.52. The fraction of sp³-hybridized carbons (Fsp3) is 0.250. The van der Waals surface area contributed by atoms with Crippen LogP contribution in [0.15, 0.2) is 36.4 Å². The van der Waals surface area contributed by atoms with Gasteiger partial charge in [-0.2, -0.15) is 5.10 Å². The zero-order valence-electron chi connectivity index (χ0n) is 12.0. The molecule has 0 atom stereocenters. The quantitative estimate of drug-likeness (QED) is 0.887. The standard InChI is InChI=1S/C16H18N4O/c1-11-14(17)15(19-18-11)16(21)20-9-7-13(8-10-20)12-5-3-2-4-6-12/h2-7H,8-10,17H2,1H3,(H,18,19). The van der Waals surface area contributed by atoms with E-state index in [1.165, 1.54) is 11.1 Å². The van der Waals surface area contributed by atoms with E-state index in [0.29, 0.717) is 24.5 Å². The van der Waals surface area contributed by atoms with Crippen molar-refractivity contribution in [2.45, 2.75) is 13.3 Å². The van der Waals surface area contributed by atoms with Crippen LogP contribution in [0.25, 0.3) is 5.57 Å². The molecule has 0 bridgehead atoms. The minimum Gasteiger partial charge on any atom is -0.395 e. The fourth-order valence-corrected chi connectivity index (χ4v) is 2.52. The van der Waals surface area contributed by atoms with Crippen LogP contribution in [0.2, 0.25) is 0 Å². The second kappa shape index (κ2) is 5.44. The number of aromatic nitrogens is 2. The number of rotatable bonds is 2. The van der Waals surface area contributed by atoms with E-state index in [-0.39, 0.29) is 5.91 Å². The molecule has 21 heavy (non-hydrogen) atoms. The number of hydrogen-bond acceptors (Lipinski definition) is 3. The van der Waals surface area contributed by atoms with E-state index in [9.17, 15) is 4.79 Å². The predicted molar refractivity (Wildman–Crippen MR) is 82.7 cm³/mol. The zero-order chi connectivity index (χ0) is 14.8. The van der Waals surface area contributed by atoms with Crippen molar-refractivity contribution in [2.75, 3.05) is 18.8 Å². The molecule has 0 aliphatic carbocycles. The summed E-state index contributed by atoms with van der Waals surface area (Å²) in [6.45, 7) is 3.09. The van der Waals surface area contributed by atoms with Crippen molar-refractivity contribution >= 4 is 17.2 Å². The molecule has 2 aromatic rings. The number of carbonyl (C=O) groups is 1. The van der Waals surface area contributed by atoms with Crippen molar-refractivity contribution < 1.29 is 4.79 Å². The van der Waals surface area contributed by atoms with Crippen LogP contribution in [0.4, 0.5) is 5.69 Å². The molecule has 0 fully saturated rings. The maximum absolute atomic E-state index is 12.4. The Morgan fingerprint density at radius 3 is 2.67 bits per heavy atom. The number of benzene rings is 1. The SMILES string of the molecule is Cc1[nH]nc(C(=O)N2CC=C(c3ccccc3)CC2)c1N. The summed E-state index contributed by atoms with van der Waals surface area (Å²) < 4.78 is 0. The van der Waals surface area contributed by atoms with Gasteiger partial charge in [0.2, 0.25) is 0 Å². The third-order valence-electron chi connectivity index (χ3n) is 3.84. The second-order valence-electron chi connectivity index (χ2n) is 5.21. The predicted octanol–water partition coefficient (Wildman–Crippen LogP) is 2.23. The maximum Gasteiger partial charge on any atom is 0.276 e. The van der Waals surface area contributed by atoms with E-state index >= 15 is 0 Å². The number of carbonyl (C=O) groups excluding carboxylic acids is 1. The average Bonchev–Trinajstić information content (AvgIpc) is 2.87. The van der Waals surface area contributed by atoms with Crippen LogP contribution in [0, 0.1) is 6.92 Å². The highest BCUT2D eigenvalue weighted by molar-refractivity contribution is 5.98. The lowest BCUT2D eigenvalue weighted by atomic mass is 9.99. The molecule has 3 N–H and O–H groups in total. The van der Waals surface area contributed by atoms with Crippen LogP contribution in [-0.2, 0) is 0 Å². The first kappa shape index (κ1) is 13.4. The third-order valence-corrected chi connectivity index (χ3v) is 3.84. The zero-order valence-corrected chi connectivity index (χ0v) is 12.0. The number of anilines is 1. The molecule has 0 saturated carbocycles. The van der Waals surface area contributed by atoms with Crippen LogP contribution in [-0.4, -0.2) is 34.1 Å². The van der Waals surface area contributed by atoms with Gasteiger partial charge >= 0.3 is 0 Å². The van der Waals surface area contributed by atoms with Crippen LogP contribution in [0.1, 0.15) is 28.2 Å². The van der Waals surface area contributed by atoms with Crippen LogP contribution in [0.5, 0.6) is 0 Å². The molecule has 1 aliphatic heterocycles. The van der Waals surface area contributed by atoms with Crippen LogP contribution in [0.3, 0.4) is 0 Å². The average molecular weight is 282 g/mol. The van der Waals surface area contributed by atoms with Gasteiger partial charge in [0.15, 0.2) is 5.69 Å². The molecule has 0 spiro atoms. The van der Waals surface area contributed by atoms with Crippen molar-refractivity contribution in [3.63, 3.8) is 0 Å². The highest BCUT2D eigenvalue weighted by Crippen LogP contribution is 2.23. The van der Waals surface area contributed by atoms with Gasteiger partial charge in [-0.15, -0.1) is 0 Å². The van der Waals surface area contributed by atoms with Crippen molar-refractivity contribution in [3.8, 4) is 0 Å². The van der Waals surface area contributed by atoms with E-state index < -0.39 is 0 Å². The number of nitrogens with two attached hydrogens (primary N) is 1. The summed E-state index contributed by atoms with van der Waals surface area (Å²) in [5, 5.41) is 6.76. The Balaban J connectivity index is 1.75. The highest BCUT2D eigenvalue weighted by atomic mass is 16.2. The van der Waals surface area contributed by atoms with E-state index in [1.807, 2.05) is 25.1 Å². The molecule has 0 saturated heterocycles. The Bertz CT molecular complexity index is 688. The number of H-pyrrole nitrogens is 1. The van der Waals surface area contributed by atoms with Gasteiger partial charge < -0.3 is 10.6 Å². The number of aromatic amines is 1. The van der Waals surface area contributed by atoms with Gasteiger partial charge in [-0.25, -0.2) is 0 Å². The third kappa shape index (κ3) is 2.54. The van der Waals surface area contributed by atoms with Gasteiger partial charge in [0.1, 0.15) is 0 Å². The molecule has 1 aliphatic rings. The Morgan fingerprint density at radius 1 is 1.33 bits per heavy atom. The molecular weight excluding hydrogens is 264 g/mol. The molecule has 5 nitrogen and oxygen atoms in total. The smallest absolute Gasteiger partial charge is 0.276 e. The molecule has 5 heteroatoms. The molecule has 0 unspecified atom stereocenters. The highest BCUT2D eigenvalue weighted by Gasteiger charge is 2.23. The van der Waals surface area contributed by atoms with Gasteiger partial charge in [-0.05, 0) is 24.5 Å². The number of nitrogens with one attached hydrogen (secondary N) is 1. The van der Waals surface area contributed by atoms with Gasteiger partial charge in [0.05, 0.1) is 11.4 Å². The normalized spacial score (nSPS) is 14.9. The van der Waals surface area contributed by atoms with E-state index in [2.05, 4.69) is 28.4 Å². The Hall–Kier alpha value is -2.56. The monoisotopic (exact) mass is 282 g/mol. The van der Waals surface area contributed by atoms with E-state index in [4.69, 9.17) is 5.73 Å². The van der Waals surface area contributed by atoms with Crippen molar-refractivity contribution in [1.82, 2.24) is 15.1 Å². The largest absolute Gasteiger partial charge is 0.395 e. The minimum absolute atomic E-state index is 0.111. The molecular formula is C16H18N4O. The van der Waals surface area contributed by atoms with Gasteiger partial charge in [-0.1, -0.05) is 36.4 Å². The van der Waals surface area contributed by atoms with Gasteiger partial charge in [-0.3, -0.25) is 9.89 Å². The molecule has 1 aromatic heterocycles. The van der Waals surface area contributed by atoms with E-state index in [1.54, 1.807) is 4.90 Å². The summed E-state index contributed by atoms with van der Waals surface area (Å²) in [4.78, 5) is 14.2. The lowest BCUT2D eigenvalue weighted by Crippen LogP contribution is -2.35. The summed E-state index contributed by atoms with van der Waals surface area (Å²) in [7, 11) is 0. The van der Waals surface area contributed by atoms with Gasteiger partial charge in [0.25, 0.3) is 5.91 Å². The lowest BCUT2D eigenvalue weighted by molar-refractivity contribution is 0.0768.